The highest BCUT2D eigenvalue weighted by Crippen LogP contribution is 2.26. The van der Waals surface area contributed by atoms with E-state index in [0.717, 1.165) is 39.9 Å². The van der Waals surface area contributed by atoms with Crippen LogP contribution in [0.25, 0.3) is 22.4 Å². The highest BCUT2D eigenvalue weighted by atomic mass is 79.9. The van der Waals surface area contributed by atoms with Crippen molar-refractivity contribution >= 4 is 27.0 Å². The van der Waals surface area contributed by atoms with Gasteiger partial charge in [-0.25, -0.2) is 9.37 Å². The van der Waals surface area contributed by atoms with E-state index in [1.54, 1.807) is 12.1 Å². The maximum absolute atomic E-state index is 13.5. The fraction of sp³-hybridized carbons (Fsp3) is 0.188. The molecule has 0 aliphatic rings. The number of halogens is 2. The molecule has 20 heavy (non-hydrogen) atoms. The second kappa shape index (κ2) is 5.37. The largest absolute Gasteiger partial charge is 0.324 e. The molecule has 2 nitrogen and oxygen atoms in total. The molecule has 0 spiro atoms. The van der Waals surface area contributed by atoms with Crippen molar-refractivity contribution in [1.29, 1.82) is 0 Å². The number of fused-ring (bicyclic) bond motifs is 1. The van der Waals surface area contributed by atoms with E-state index in [-0.39, 0.29) is 5.82 Å². The molecule has 2 aromatic carbocycles. The molecule has 0 amide bonds. The Bertz CT molecular complexity index is 747. The van der Waals surface area contributed by atoms with E-state index in [0.29, 0.717) is 0 Å². The predicted octanol–water partition coefficient (Wildman–Crippen LogP) is 5.01. The zero-order valence-electron chi connectivity index (χ0n) is 11.1. The molecule has 1 heterocycles. The third-order valence-corrected chi connectivity index (χ3v) is 3.79. The van der Waals surface area contributed by atoms with Gasteiger partial charge in [-0.3, -0.25) is 0 Å². The highest BCUT2D eigenvalue weighted by Gasteiger charge is 2.12. The molecule has 0 atom stereocenters. The lowest BCUT2D eigenvalue weighted by molar-refractivity contribution is 0.627. The highest BCUT2D eigenvalue weighted by molar-refractivity contribution is 9.10. The zero-order valence-corrected chi connectivity index (χ0v) is 12.7. The molecule has 0 bridgehead atoms. The third kappa shape index (κ3) is 2.36. The number of aryl methyl sites for hydroxylation is 1. The van der Waals surface area contributed by atoms with E-state index in [9.17, 15) is 4.39 Å². The lowest BCUT2D eigenvalue weighted by Gasteiger charge is -2.08. The molecule has 0 unspecified atom stereocenters. The molecule has 0 radical (unpaired) electrons. The maximum Gasteiger partial charge on any atom is 0.141 e. The molecule has 0 N–H and O–H groups in total. The number of nitrogens with zero attached hydrogens (tertiary/aromatic N) is 2. The fourth-order valence-electron chi connectivity index (χ4n) is 2.37. The summed E-state index contributed by atoms with van der Waals surface area (Å²) < 4.78 is 16.6. The van der Waals surface area contributed by atoms with Crippen LogP contribution < -0.4 is 0 Å². The monoisotopic (exact) mass is 332 g/mol. The van der Waals surface area contributed by atoms with E-state index in [4.69, 9.17) is 0 Å². The van der Waals surface area contributed by atoms with E-state index in [1.165, 1.54) is 6.07 Å². The van der Waals surface area contributed by atoms with Crippen LogP contribution >= 0.6 is 15.9 Å². The average Bonchev–Trinajstić information content (AvgIpc) is 2.79. The van der Waals surface area contributed by atoms with E-state index in [1.807, 2.05) is 24.3 Å². The first kappa shape index (κ1) is 13.3. The van der Waals surface area contributed by atoms with Gasteiger partial charge in [-0.1, -0.05) is 35.0 Å². The van der Waals surface area contributed by atoms with Crippen molar-refractivity contribution < 1.29 is 4.39 Å². The summed E-state index contributed by atoms with van der Waals surface area (Å²) in [7, 11) is 0. The molecule has 1 aromatic heterocycles. The van der Waals surface area contributed by atoms with Crippen LogP contribution in [0.15, 0.2) is 46.9 Å². The van der Waals surface area contributed by atoms with Gasteiger partial charge in [0.25, 0.3) is 0 Å². The molecule has 3 aromatic rings. The number of hydrogen-bond acceptors (Lipinski definition) is 1. The summed E-state index contributed by atoms with van der Waals surface area (Å²) in [6, 6.07) is 12.8. The summed E-state index contributed by atoms with van der Waals surface area (Å²) in [4.78, 5) is 4.65. The Balaban J connectivity index is 2.23. The van der Waals surface area contributed by atoms with Gasteiger partial charge in [-0.15, -0.1) is 0 Å². The fourth-order valence-corrected chi connectivity index (χ4v) is 2.63. The number of rotatable bonds is 3. The van der Waals surface area contributed by atoms with Gasteiger partial charge in [0.1, 0.15) is 11.6 Å². The summed E-state index contributed by atoms with van der Waals surface area (Å²) in [5.74, 6) is 0.664. The van der Waals surface area contributed by atoms with Crippen molar-refractivity contribution in [1.82, 2.24) is 9.55 Å². The molecule has 0 fully saturated rings. The lowest BCUT2D eigenvalue weighted by atomic mass is 10.2. The standard InChI is InChI=1S/C16H14BrFN2/c1-2-9-20-15-10-13(18)7-8-14(15)19-16(20)11-3-5-12(17)6-4-11/h3-8,10H,2,9H2,1H3. The predicted molar refractivity (Wildman–Crippen MR) is 83.1 cm³/mol. The van der Waals surface area contributed by atoms with Gasteiger partial charge in [-0.2, -0.15) is 0 Å². The number of hydrogen-bond donors (Lipinski definition) is 0. The Morgan fingerprint density at radius 2 is 1.90 bits per heavy atom. The minimum Gasteiger partial charge on any atom is -0.324 e. The topological polar surface area (TPSA) is 17.8 Å². The molecular weight excluding hydrogens is 319 g/mol. The van der Waals surface area contributed by atoms with Crippen molar-refractivity contribution in [3.63, 3.8) is 0 Å². The van der Waals surface area contributed by atoms with Crippen LogP contribution in [0.4, 0.5) is 4.39 Å². The average molecular weight is 333 g/mol. The van der Waals surface area contributed by atoms with Crippen molar-refractivity contribution in [2.75, 3.05) is 0 Å². The van der Waals surface area contributed by atoms with Gasteiger partial charge >= 0.3 is 0 Å². The van der Waals surface area contributed by atoms with Crippen molar-refractivity contribution in [2.24, 2.45) is 0 Å². The molecule has 102 valence electrons. The van der Waals surface area contributed by atoms with Crippen LogP contribution in [0.3, 0.4) is 0 Å². The van der Waals surface area contributed by atoms with Gasteiger partial charge in [0.15, 0.2) is 0 Å². The number of aromatic nitrogens is 2. The first-order valence-electron chi connectivity index (χ1n) is 6.61. The Morgan fingerprint density at radius 3 is 2.60 bits per heavy atom. The van der Waals surface area contributed by atoms with Crippen LogP contribution in [-0.2, 0) is 6.54 Å². The zero-order chi connectivity index (χ0) is 14.1. The first-order chi connectivity index (χ1) is 9.69. The van der Waals surface area contributed by atoms with Crippen LogP contribution in [0.5, 0.6) is 0 Å². The van der Waals surface area contributed by atoms with E-state index >= 15 is 0 Å². The van der Waals surface area contributed by atoms with Crippen LogP contribution in [0.1, 0.15) is 13.3 Å². The van der Waals surface area contributed by atoms with Gasteiger partial charge in [0.2, 0.25) is 0 Å². The van der Waals surface area contributed by atoms with Gasteiger partial charge in [-0.05, 0) is 36.8 Å². The summed E-state index contributed by atoms with van der Waals surface area (Å²) >= 11 is 3.43. The second-order valence-electron chi connectivity index (χ2n) is 4.73. The Kier molecular flexibility index (Phi) is 3.57. The Hall–Kier alpha value is -1.68. The van der Waals surface area contributed by atoms with E-state index < -0.39 is 0 Å². The second-order valence-corrected chi connectivity index (χ2v) is 5.64. The normalized spacial score (nSPS) is 11.2. The number of benzene rings is 2. The molecular formula is C16H14BrFN2. The summed E-state index contributed by atoms with van der Waals surface area (Å²) in [6.45, 7) is 2.93. The first-order valence-corrected chi connectivity index (χ1v) is 7.40. The minimum absolute atomic E-state index is 0.225. The van der Waals surface area contributed by atoms with Crippen LogP contribution in [0.2, 0.25) is 0 Å². The molecule has 0 saturated carbocycles. The summed E-state index contributed by atoms with van der Waals surface area (Å²) in [5, 5.41) is 0. The third-order valence-electron chi connectivity index (χ3n) is 3.26. The number of imidazole rings is 1. The summed E-state index contributed by atoms with van der Waals surface area (Å²) in [5.41, 5.74) is 2.72. The smallest absolute Gasteiger partial charge is 0.141 e. The van der Waals surface area contributed by atoms with Gasteiger partial charge < -0.3 is 4.57 Å². The SMILES string of the molecule is CCCn1c(-c2ccc(Br)cc2)nc2ccc(F)cc21. The Labute approximate surface area is 125 Å². The van der Waals surface area contributed by atoms with Gasteiger partial charge in [0.05, 0.1) is 11.0 Å². The van der Waals surface area contributed by atoms with Crippen LogP contribution in [0, 0.1) is 5.82 Å². The Morgan fingerprint density at radius 1 is 1.15 bits per heavy atom. The molecule has 3 rings (SSSR count). The minimum atomic E-state index is -0.225. The molecule has 0 saturated heterocycles. The molecule has 0 aliphatic carbocycles. The summed E-state index contributed by atoms with van der Waals surface area (Å²) in [6.07, 6.45) is 0.978. The molecule has 0 aliphatic heterocycles. The van der Waals surface area contributed by atoms with Gasteiger partial charge in [0, 0.05) is 16.6 Å². The maximum atomic E-state index is 13.5. The quantitative estimate of drug-likeness (QED) is 0.658. The molecule has 4 heteroatoms. The lowest BCUT2D eigenvalue weighted by Crippen LogP contribution is -1.99. The van der Waals surface area contributed by atoms with Crippen molar-refractivity contribution in [2.45, 2.75) is 19.9 Å². The van der Waals surface area contributed by atoms with Crippen molar-refractivity contribution in [3.05, 3.63) is 52.8 Å². The van der Waals surface area contributed by atoms with E-state index in [2.05, 4.69) is 32.4 Å². The van der Waals surface area contributed by atoms with Crippen molar-refractivity contribution in [3.8, 4) is 11.4 Å². The van der Waals surface area contributed by atoms with Crippen LogP contribution in [-0.4, -0.2) is 9.55 Å².